The summed E-state index contributed by atoms with van der Waals surface area (Å²) in [5, 5.41) is 4.13. The Kier molecular flexibility index (Phi) is 4.16. The van der Waals surface area contributed by atoms with Gasteiger partial charge in [0.2, 0.25) is 0 Å². The van der Waals surface area contributed by atoms with Crippen molar-refractivity contribution in [3.8, 4) is 17.2 Å². The van der Waals surface area contributed by atoms with Crippen LogP contribution in [0.4, 0.5) is 11.6 Å². The van der Waals surface area contributed by atoms with Crippen LogP contribution in [0.1, 0.15) is 29.8 Å². The molecule has 3 aromatic rings. The van der Waals surface area contributed by atoms with Gasteiger partial charge in [-0.25, -0.2) is 0 Å². The minimum absolute atomic E-state index is 0.130. The molecule has 2 heterocycles. The van der Waals surface area contributed by atoms with Crippen molar-refractivity contribution in [2.45, 2.75) is 26.4 Å². The number of benzene rings is 2. The molecule has 0 fully saturated rings. The van der Waals surface area contributed by atoms with E-state index in [1.54, 1.807) is 6.07 Å². The number of hydrogen-bond donors (Lipinski definition) is 0. The molecule has 0 atom stereocenters. The molecule has 0 bridgehead atoms. The van der Waals surface area contributed by atoms with Crippen LogP contribution < -0.4 is 9.64 Å². The third-order valence-corrected chi connectivity index (χ3v) is 4.26. The molecule has 0 spiro atoms. The molecule has 26 heavy (non-hydrogen) atoms. The van der Waals surface area contributed by atoms with Gasteiger partial charge in [0.1, 0.15) is 12.0 Å². The average Bonchev–Trinajstić information content (AvgIpc) is 3.28. The van der Waals surface area contributed by atoms with Gasteiger partial charge >= 0.3 is 0 Å². The largest absolute Gasteiger partial charge is 0.491 e. The molecule has 1 aliphatic rings. The van der Waals surface area contributed by atoms with E-state index >= 15 is 0 Å². The topological polar surface area (TPSA) is 68.5 Å². The van der Waals surface area contributed by atoms with Crippen LogP contribution in [0.3, 0.4) is 0 Å². The van der Waals surface area contributed by atoms with Gasteiger partial charge in [-0.3, -0.25) is 4.79 Å². The Morgan fingerprint density at radius 1 is 1.19 bits per heavy atom. The Labute approximate surface area is 151 Å². The standard InChI is InChI=1S/C20H19N3O3/c1-13(2)25-17-6-4-15(5-7-17)19-21-20(22-26-19)23-10-9-16-11-14(12-24)3-8-18(16)23/h3-8,11-13H,9-10H2,1-2H3. The molecule has 6 heteroatoms. The highest BCUT2D eigenvalue weighted by atomic mass is 16.5. The van der Waals surface area contributed by atoms with Crippen molar-refractivity contribution < 1.29 is 14.1 Å². The predicted octanol–water partition coefficient (Wildman–Crippen LogP) is 4.03. The fourth-order valence-electron chi connectivity index (χ4n) is 3.09. The average molecular weight is 349 g/mol. The van der Waals surface area contributed by atoms with Crippen LogP contribution in [-0.4, -0.2) is 29.1 Å². The summed E-state index contributed by atoms with van der Waals surface area (Å²) in [6.07, 6.45) is 1.84. The Morgan fingerprint density at radius 2 is 2.00 bits per heavy atom. The number of aromatic nitrogens is 2. The lowest BCUT2D eigenvalue weighted by Gasteiger charge is -2.13. The first kappa shape index (κ1) is 16.3. The number of carbonyl (C=O) groups is 1. The van der Waals surface area contributed by atoms with E-state index in [1.807, 2.05) is 55.1 Å². The zero-order valence-corrected chi connectivity index (χ0v) is 14.7. The van der Waals surface area contributed by atoms with E-state index in [1.165, 1.54) is 0 Å². The smallest absolute Gasteiger partial charge is 0.270 e. The minimum atomic E-state index is 0.130. The highest BCUT2D eigenvalue weighted by Crippen LogP contribution is 2.34. The number of carbonyl (C=O) groups excluding carboxylic acids is 1. The summed E-state index contributed by atoms with van der Waals surface area (Å²) in [5.41, 5.74) is 3.67. The van der Waals surface area contributed by atoms with Gasteiger partial charge in [0.05, 0.1) is 6.10 Å². The number of aldehydes is 1. The van der Waals surface area contributed by atoms with Crippen LogP contribution in [0.2, 0.25) is 0 Å². The molecule has 0 N–H and O–H groups in total. The number of ether oxygens (including phenoxy) is 1. The molecule has 1 aromatic heterocycles. The molecule has 132 valence electrons. The van der Waals surface area contributed by atoms with Gasteiger partial charge in [0.15, 0.2) is 0 Å². The van der Waals surface area contributed by atoms with Crippen molar-refractivity contribution in [1.29, 1.82) is 0 Å². The lowest BCUT2D eigenvalue weighted by molar-refractivity contribution is 0.112. The van der Waals surface area contributed by atoms with Crippen LogP contribution >= 0.6 is 0 Å². The number of anilines is 2. The molecule has 0 aliphatic carbocycles. The first-order valence-electron chi connectivity index (χ1n) is 8.60. The third-order valence-electron chi connectivity index (χ3n) is 4.26. The molecule has 6 nitrogen and oxygen atoms in total. The maximum atomic E-state index is 10.9. The summed E-state index contributed by atoms with van der Waals surface area (Å²) >= 11 is 0. The van der Waals surface area contributed by atoms with Crippen LogP contribution in [0, 0.1) is 0 Å². The number of fused-ring (bicyclic) bond motifs is 1. The molecule has 0 unspecified atom stereocenters. The van der Waals surface area contributed by atoms with E-state index in [9.17, 15) is 4.79 Å². The zero-order chi connectivity index (χ0) is 18.1. The van der Waals surface area contributed by atoms with Crippen molar-refractivity contribution in [3.63, 3.8) is 0 Å². The van der Waals surface area contributed by atoms with Gasteiger partial charge < -0.3 is 14.2 Å². The van der Waals surface area contributed by atoms with Crippen LogP contribution in [-0.2, 0) is 6.42 Å². The highest BCUT2D eigenvalue weighted by Gasteiger charge is 2.24. The summed E-state index contributed by atoms with van der Waals surface area (Å²) < 4.78 is 11.1. The first-order valence-corrected chi connectivity index (χ1v) is 8.60. The number of rotatable bonds is 5. The molecule has 2 aromatic carbocycles. The Bertz CT molecular complexity index is 932. The summed E-state index contributed by atoms with van der Waals surface area (Å²) in [6, 6.07) is 13.2. The third kappa shape index (κ3) is 3.06. The van der Waals surface area contributed by atoms with Crippen molar-refractivity contribution in [1.82, 2.24) is 10.1 Å². The van der Waals surface area contributed by atoms with Crippen molar-refractivity contribution in [2.24, 2.45) is 0 Å². The highest BCUT2D eigenvalue weighted by molar-refractivity contribution is 5.78. The number of nitrogens with zero attached hydrogens (tertiary/aromatic N) is 3. The van der Waals surface area contributed by atoms with Gasteiger partial charge in [-0.15, -0.1) is 0 Å². The van der Waals surface area contributed by atoms with Crippen LogP contribution in [0.25, 0.3) is 11.5 Å². The lowest BCUT2D eigenvalue weighted by Crippen LogP contribution is -2.14. The predicted molar refractivity (Wildman–Crippen MR) is 98.0 cm³/mol. The molecular formula is C20H19N3O3. The van der Waals surface area contributed by atoms with Gasteiger partial charge in [-0.2, -0.15) is 4.98 Å². The summed E-state index contributed by atoms with van der Waals surface area (Å²) in [4.78, 5) is 17.5. The molecule has 0 radical (unpaired) electrons. The second-order valence-electron chi connectivity index (χ2n) is 6.50. The Hall–Kier alpha value is -3.15. The SMILES string of the molecule is CC(C)Oc1ccc(-c2nc(N3CCc4cc(C=O)ccc43)no2)cc1. The second-order valence-corrected chi connectivity index (χ2v) is 6.50. The van der Waals surface area contributed by atoms with Gasteiger partial charge in [-0.1, -0.05) is 0 Å². The van der Waals surface area contributed by atoms with E-state index in [-0.39, 0.29) is 6.10 Å². The lowest BCUT2D eigenvalue weighted by atomic mass is 10.1. The quantitative estimate of drug-likeness (QED) is 0.648. The van der Waals surface area contributed by atoms with E-state index in [0.717, 1.165) is 41.8 Å². The summed E-state index contributed by atoms with van der Waals surface area (Å²) in [6.45, 7) is 4.74. The first-order chi connectivity index (χ1) is 12.6. The fourth-order valence-corrected chi connectivity index (χ4v) is 3.09. The molecule has 1 aliphatic heterocycles. The Balaban J connectivity index is 1.57. The van der Waals surface area contributed by atoms with E-state index in [2.05, 4.69) is 10.1 Å². The van der Waals surface area contributed by atoms with Crippen molar-refractivity contribution in [3.05, 3.63) is 53.6 Å². The normalized spacial score (nSPS) is 13.1. The maximum absolute atomic E-state index is 10.9. The summed E-state index contributed by atoms with van der Waals surface area (Å²) in [7, 11) is 0. The van der Waals surface area contributed by atoms with Crippen molar-refractivity contribution in [2.75, 3.05) is 11.4 Å². The molecule has 4 rings (SSSR count). The minimum Gasteiger partial charge on any atom is -0.491 e. The molecule has 0 amide bonds. The monoisotopic (exact) mass is 349 g/mol. The van der Waals surface area contributed by atoms with E-state index in [4.69, 9.17) is 9.26 Å². The maximum Gasteiger partial charge on any atom is 0.270 e. The van der Waals surface area contributed by atoms with E-state index < -0.39 is 0 Å². The van der Waals surface area contributed by atoms with Gasteiger partial charge in [-0.05, 0) is 73.5 Å². The second kappa shape index (κ2) is 6.63. The molecule has 0 saturated carbocycles. The molecular weight excluding hydrogens is 330 g/mol. The zero-order valence-electron chi connectivity index (χ0n) is 14.7. The molecule has 0 saturated heterocycles. The van der Waals surface area contributed by atoms with Crippen LogP contribution in [0.5, 0.6) is 5.75 Å². The van der Waals surface area contributed by atoms with Crippen molar-refractivity contribution >= 4 is 17.9 Å². The van der Waals surface area contributed by atoms with Gasteiger partial charge in [0, 0.05) is 23.4 Å². The summed E-state index contributed by atoms with van der Waals surface area (Å²) in [5.74, 6) is 1.80. The Morgan fingerprint density at radius 3 is 2.73 bits per heavy atom. The van der Waals surface area contributed by atoms with Crippen LogP contribution in [0.15, 0.2) is 47.0 Å². The van der Waals surface area contributed by atoms with Gasteiger partial charge in [0.25, 0.3) is 11.8 Å². The number of hydrogen-bond acceptors (Lipinski definition) is 6. The fraction of sp³-hybridized carbons (Fsp3) is 0.250. The van der Waals surface area contributed by atoms with E-state index in [0.29, 0.717) is 17.4 Å².